The number of rotatable bonds is 4. The van der Waals surface area contributed by atoms with Gasteiger partial charge >= 0.3 is 12.1 Å². The first-order valence-electron chi connectivity index (χ1n) is 6.71. The van der Waals surface area contributed by atoms with Gasteiger partial charge in [-0.2, -0.15) is 5.10 Å². The smallest absolute Gasteiger partial charge is 0.412 e. The Hall–Kier alpha value is -2.00. The number of carbonyl (C=O) groups is 2. The molecule has 1 heterocycles. The number of aryl methyl sites for hydroxylation is 1. The molecule has 0 bridgehead atoms. The van der Waals surface area contributed by atoms with Crippen LogP contribution in [-0.4, -0.2) is 45.4 Å². The van der Waals surface area contributed by atoms with Crippen LogP contribution in [-0.2, 0) is 32.5 Å². The van der Waals surface area contributed by atoms with Crippen LogP contribution in [0.4, 0.5) is 4.79 Å². The van der Waals surface area contributed by atoms with Crippen molar-refractivity contribution in [3.8, 4) is 0 Å². The molecule has 0 aromatic carbocycles. The van der Waals surface area contributed by atoms with Gasteiger partial charge in [-0.15, -0.1) is 0 Å². The molecule has 1 unspecified atom stereocenters. The van der Waals surface area contributed by atoms with E-state index in [4.69, 9.17) is 4.74 Å². The van der Waals surface area contributed by atoms with Crippen molar-refractivity contribution < 1.29 is 23.6 Å². The van der Waals surface area contributed by atoms with E-state index in [-0.39, 0.29) is 5.70 Å². The van der Waals surface area contributed by atoms with Crippen molar-refractivity contribution in [1.29, 1.82) is 0 Å². The zero-order valence-electron chi connectivity index (χ0n) is 14.0. The highest BCUT2D eigenvalue weighted by molar-refractivity contribution is 7.90. The summed E-state index contributed by atoms with van der Waals surface area (Å²) in [5.74, 6) is -0.749. The Labute approximate surface area is 138 Å². The van der Waals surface area contributed by atoms with E-state index >= 15 is 0 Å². The van der Waals surface area contributed by atoms with Crippen LogP contribution in [0, 0.1) is 0 Å². The second-order valence-electron chi connectivity index (χ2n) is 5.66. The molecule has 1 N–H and O–H groups in total. The van der Waals surface area contributed by atoms with Gasteiger partial charge < -0.3 is 14.0 Å². The van der Waals surface area contributed by atoms with Crippen molar-refractivity contribution >= 4 is 29.3 Å². The number of alkyl carbamates (subject to hydrolysis) is 1. The van der Waals surface area contributed by atoms with Gasteiger partial charge in [-0.05, 0) is 26.8 Å². The first-order valence-corrected chi connectivity index (χ1v) is 8.27. The molecule has 0 spiro atoms. The molecule has 9 heteroatoms. The maximum Gasteiger partial charge on any atom is 0.412 e. The van der Waals surface area contributed by atoms with Crippen molar-refractivity contribution in [3.05, 3.63) is 17.5 Å². The number of amides is 1. The Morgan fingerprint density at radius 3 is 2.48 bits per heavy atom. The summed E-state index contributed by atoms with van der Waals surface area (Å²) in [6, 6.07) is 1.55. The van der Waals surface area contributed by atoms with Crippen LogP contribution >= 0.6 is 0 Å². The summed E-state index contributed by atoms with van der Waals surface area (Å²) in [6.45, 7) is 5.11. The summed E-state index contributed by atoms with van der Waals surface area (Å²) < 4.78 is 22.7. The van der Waals surface area contributed by atoms with E-state index in [1.54, 1.807) is 33.9 Å². The molecule has 1 atom stereocenters. The number of ether oxygens (including phenoxy) is 2. The highest BCUT2D eigenvalue weighted by Gasteiger charge is 2.21. The Morgan fingerprint density at radius 2 is 2.04 bits per heavy atom. The molecule has 0 fully saturated rings. The van der Waals surface area contributed by atoms with Gasteiger partial charge in [-0.1, -0.05) is 0 Å². The van der Waals surface area contributed by atoms with E-state index < -0.39 is 28.8 Å². The Kier molecular flexibility index (Phi) is 6.22. The predicted molar refractivity (Wildman–Crippen MR) is 84.9 cm³/mol. The average molecular weight is 343 g/mol. The summed E-state index contributed by atoms with van der Waals surface area (Å²) >= 11 is -1.23. The Morgan fingerprint density at radius 1 is 1.43 bits per heavy atom. The van der Waals surface area contributed by atoms with Crippen molar-refractivity contribution in [1.82, 2.24) is 15.1 Å². The van der Waals surface area contributed by atoms with Crippen molar-refractivity contribution in [2.24, 2.45) is 7.05 Å². The van der Waals surface area contributed by atoms with Gasteiger partial charge in [0.2, 0.25) is 5.03 Å². The fourth-order valence-electron chi connectivity index (χ4n) is 1.63. The van der Waals surface area contributed by atoms with Gasteiger partial charge in [0.05, 0.1) is 12.8 Å². The highest BCUT2D eigenvalue weighted by Crippen LogP contribution is 2.13. The first-order chi connectivity index (χ1) is 10.5. The predicted octanol–water partition coefficient (Wildman–Crippen LogP) is 1.20. The van der Waals surface area contributed by atoms with Gasteiger partial charge in [-0.3, -0.25) is 5.32 Å². The van der Waals surface area contributed by atoms with Crippen molar-refractivity contribution in [2.45, 2.75) is 31.4 Å². The largest absolute Gasteiger partial charge is 0.610 e. The number of nitrogens with one attached hydrogen (secondary N) is 1. The number of aromatic nitrogens is 2. The molecule has 1 rings (SSSR count). The average Bonchev–Trinajstić information content (AvgIpc) is 2.76. The third-order valence-electron chi connectivity index (χ3n) is 2.48. The number of hydrogen-bond acceptors (Lipinski definition) is 6. The third-order valence-corrected chi connectivity index (χ3v) is 3.45. The zero-order valence-corrected chi connectivity index (χ0v) is 14.8. The lowest BCUT2D eigenvalue weighted by atomic mass is 10.2. The number of carbonyl (C=O) groups excluding carboxylic acids is 2. The van der Waals surface area contributed by atoms with Gasteiger partial charge in [0.25, 0.3) is 0 Å². The van der Waals surface area contributed by atoms with Crippen LogP contribution in [0.2, 0.25) is 0 Å². The lowest BCUT2D eigenvalue weighted by Crippen LogP contribution is -2.34. The summed E-state index contributed by atoms with van der Waals surface area (Å²) in [5, 5.41) is 6.93. The summed E-state index contributed by atoms with van der Waals surface area (Å²) in [4.78, 5) is 23.6. The first kappa shape index (κ1) is 19.0. The molecule has 0 aliphatic rings. The summed E-state index contributed by atoms with van der Waals surface area (Å²) in [7, 11) is 2.82. The van der Waals surface area contributed by atoms with E-state index in [0.717, 1.165) is 0 Å². The van der Waals surface area contributed by atoms with Crippen molar-refractivity contribution in [3.63, 3.8) is 0 Å². The standard InChI is InChI=1S/C14H21N3O5S/c1-14(2,3)22-13(19)15-10(12(18)21-5)7-9-8-11(23(6)20)17(4)16-9/h7-8H,1-6H3,(H,15,19). The topological polar surface area (TPSA) is 106 Å². The molecule has 1 amide bonds. The number of methoxy groups -OCH3 is 1. The molecule has 0 aliphatic heterocycles. The summed E-state index contributed by atoms with van der Waals surface area (Å²) in [5.41, 5.74) is -0.481. The van der Waals surface area contributed by atoms with Crippen LogP contribution in [0.25, 0.3) is 6.08 Å². The molecule has 0 saturated carbocycles. The van der Waals surface area contributed by atoms with E-state index in [1.165, 1.54) is 24.1 Å². The molecule has 1 aromatic heterocycles. The van der Waals surface area contributed by atoms with Crippen molar-refractivity contribution in [2.75, 3.05) is 13.4 Å². The lowest BCUT2D eigenvalue weighted by molar-refractivity contribution is -0.136. The molecular formula is C14H21N3O5S. The van der Waals surface area contributed by atoms with Gasteiger partial charge in [0.1, 0.15) is 17.6 Å². The van der Waals surface area contributed by atoms with Gasteiger partial charge in [-0.25, -0.2) is 14.3 Å². The second kappa shape index (κ2) is 7.51. The SMILES string of the molecule is COC(=O)C(=Cc1cc([S+](C)[O-])n(C)n1)NC(=O)OC(C)(C)C. The minimum atomic E-state index is -1.23. The number of nitrogens with zero attached hydrogens (tertiary/aromatic N) is 2. The molecule has 0 aliphatic carbocycles. The van der Waals surface area contributed by atoms with Crippen LogP contribution in [0.15, 0.2) is 16.8 Å². The number of hydrogen-bond donors (Lipinski definition) is 1. The van der Waals surface area contributed by atoms with E-state index in [0.29, 0.717) is 10.7 Å². The Bertz CT molecular complexity index is 616. The monoisotopic (exact) mass is 343 g/mol. The lowest BCUT2D eigenvalue weighted by Gasteiger charge is -2.19. The van der Waals surface area contributed by atoms with Crippen LogP contribution in [0.1, 0.15) is 26.5 Å². The maximum absolute atomic E-state index is 11.8. The molecular weight excluding hydrogens is 322 g/mol. The number of esters is 1. The highest BCUT2D eigenvalue weighted by atomic mass is 32.2. The third kappa shape index (κ3) is 5.95. The van der Waals surface area contributed by atoms with E-state index in [1.807, 2.05) is 0 Å². The van der Waals surface area contributed by atoms with Gasteiger partial charge in [0, 0.05) is 24.3 Å². The molecule has 128 valence electrons. The molecule has 8 nitrogen and oxygen atoms in total. The van der Waals surface area contributed by atoms with Crippen LogP contribution < -0.4 is 5.32 Å². The van der Waals surface area contributed by atoms with Gasteiger partial charge in [0.15, 0.2) is 0 Å². The molecule has 0 saturated heterocycles. The molecule has 0 radical (unpaired) electrons. The fourth-order valence-corrected chi connectivity index (χ4v) is 2.33. The molecule has 1 aromatic rings. The van der Waals surface area contributed by atoms with E-state index in [9.17, 15) is 14.1 Å². The quantitative estimate of drug-likeness (QED) is 0.500. The fraction of sp³-hybridized carbons (Fsp3) is 0.500. The van der Waals surface area contributed by atoms with Crippen LogP contribution in [0.3, 0.4) is 0 Å². The minimum absolute atomic E-state index is 0.131. The normalized spacial score (nSPS) is 13.4. The van der Waals surface area contributed by atoms with E-state index in [2.05, 4.69) is 15.2 Å². The zero-order chi connectivity index (χ0) is 17.8. The maximum atomic E-state index is 11.8. The summed E-state index contributed by atoms with van der Waals surface area (Å²) in [6.07, 6.45) is 2.06. The Balaban J connectivity index is 3.05. The minimum Gasteiger partial charge on any atom is -0.610 e. The second-order valence-corrected chi connectivity index (χ2v) is 6.99. The molecule has 23 heavy (non-hydrogen) atoms. The van der Waals surface area contributed by atoms with Crippen LogP contribution in [0.5, 0.6) is 0 Å².